The summed E-state index contributed by atoms with van der Waals surface area (Å²) in [6.45, 7) is 12.6. The molecular weight excluding hydrogens is 879 g/mol. The molecule has 1 aromatic rings. The predicted octanol–water partition coefficient (Wildman–Crippen LogP) is -1.63. The van der Waals surface area contributed by atoms with Crippen LogP contribution in [0.5, 0.6) is 0 Å². The quantitative estimate of drug-likeness (QED) is 0.0163. The van der Waals surface area contributed by atoms with Gasteiger partial charge in [-0.15, -0.1) is 0 Å². The van der Waals surface area contributed by atoms with Crippen molar-refractivity contribution in [2.45, 2.75) is 161 Å². The van der Waals surface area contributed by atoms with Crippen molar-refractivity contribution in [2.75, 3.05) is 13.1 Å². The van der Waals surface area contributed by atoms with Crippen molar-refractivity contribution in [1.82, 2.24) is 37.2 Å². The maximum Gasteiger partial charge on any atom is 0.243 e. The van der Waals surface area contributed by atoms with Gasteiger partial charge in [-0.05, 0) is 81.7 Å². The van der Waals surface area contributed by atoms with Gasteiger partial charge in [-0.25, -0.2) is 0 Å². The Morgan fingerprint density at radius 1 is 0.632 bits per heavy atom. The minimum Gasteiger partial charge on any atom is -0.370 e. The minimum absolute atomic E-state index is 0.0463. The van der Waals surface area contributed by atoms with Gasteiger partial charge in [0.15, 0.2) is 5.96 Å². The molecule has 0 aliphatic rings. The summed E-state index contributed by atoms with van der Waals surface area (Å²) in [5.74, 6) is -6.65. The van der Waals surface area contributed by atoms with Gasteiger partial charge in [-0.3, -0.25) is 43.3 Å². The van der Waals surface area contributed by atoms with E-state index in [0.29, 0.717) is 44.1 Å². The molecule has 68 heavy (non-hydrogen) atoms. The van der Waals surface area contributed by atoms with E-state index in [9.17, 15) is 43.2 Å². The van der Waals surface area contributed by atoms with Crippen LogP contribution in [0.15, 0.2) is 35.3 Å². The number of hydrogen-bond acceptors (Lipinski definition) is 12. The summed E-state index contributed by atoms with van der Waals surface area (Å²) >= 11 is 0. The van der Waals surface area contributed by atoms with E-state index in [4.69, 9.17) is 28.7 Å². The first-order valence-corrected chi connectivity index (χ1v) is 23.5. The molecule has 0 aliphatic heterocycles. The third-order valence-corrected chi connectivity index (χ3v) is 11.2. The lowest BCUT2D eigenvalue weighted by atomic mass is 9.96. The van der Waals surface area contributed by atoms with Crippen molar-refractivity contribution >= 4 is 59.5 Å². The minimum atomic E-state index is -1.41. The summed E-state index contributed by atoms with van der Waals surface area (Å²) in [7, 11) is 0. The number of carbonyl (C=O) groups excluding carboxylic acids is 9. The number of benzene rings is 1. The van der Waals surface area contributed by atoms with Crippen molar-refractivity contribution in [3.8, 4) is 0 Å². The molecular formula is C46H79N13O9. The maximum absolute atomic E-state index is 14.0. The van der Waals surface area contributed by atoms with Gasteiger partial charge >= 0.3 is 0 Å². The number of amides is 8. The number of hydrogen-bond donors (Lipinski definition) is 12. The molecule has 382 valence electrons. The smallest absolute Gasteiger partial charge is 0.243 e. The number of nitrogens with two attached hydrogens (primary N) is 5. The van der Waals surface area contributed by atoms with E-state index in [0.717, 1.165) is 0 Å². The van der Waals surface area contributed by atoms with Crippen LogP contribution in [0.4, 0.5) is 0 Å². The number of nitrogens with zero attached hydrogens (tertiary/aromatic N) is 1. The second-order valence-electron chi connectivity index (χ2n) is 17.9. The molecule has 22 heteroatoms. The number of primary amides is 1. The van der Waals surface area contributed by atoms with Crippen LogP contribution in [0.2, 0.25) is 0 Å². The Kier molecular flexibility index (Phi) is 27.9. The van der Waals surface area contributed by atoms with Crippen molar-refractivity contribution in [3.63, 3.8) is 0 Å². The first-order valence-electron chi connectivity index (χ1n) is 23.5. The van der Waals surface area contributed by atoms with Gasteiger partial charge in [0.1, 0.15) is 42.5 Å². The molecule has 0 spiro atoms. The molecule has 0 saturated carbocycles. The Bertz CT molecular complexity index is 1830. The van der Waals surface area contributed by atoms with E-state index in [-0.39, 0.29) is 62.9 Å². The number of aliphatic imine (C=N–C) groups is 1. The summed E-state index contributed by atoms with van der Waals surface area (Å²) < 4.78 is 0. The third-order valence-electron chi connectivity index (χ3n) is 11.2. The van der Waals surface area contributed by atoms with Gasteiger partial charge in [0.05, 0.1) is 12.1 Å². The molecule has 17 N–H and O–H groups in total. The zero-order valence-corrected chi connectivity index (χ0v) is 40.8. The van der Waals surface area contributed by atoms with Crippen molar-refractivity contribution in [3.05, 3.63) is 35.9 Å². The Labute approximate surface area is 400 Å². The van der Waals surface area contributed by atoms with Crippen molar-refractivity contribution < 1.29 is 43.2 Å². The fraction of sp³-hybridized carbons (Fsp3) is 0.652. The summed E-state index contributed by atoms with van der Waals surface area (Å²) in [6, 6.07) is -0.246. The fourth-order valence-electron chi connectivity index (χ4n) is 6.79. The Morgan fingerprint density at radius 2 is 1.19 bits per heavy atom. The topological polar surface area (TPSA) is 380 Å². The Hall–Kier alpha value is -6.16. The summed E-state index contributed by atoms with van der Waals surface area (Å²) in [5, 5.41) is 18.6. The van der Waals surface area contributed by atoms with Gasteiger partial charge in [0, 0.05) is 19.4 Å². The van der Waals surface area contributed by atoms with Crippen LogP contribution in [-0.2, 0) is 49.6 Å². The highest BCUT2D eigenvalue weighted by Gasteiger charge is 2.35. The number of unbranched alkanes of at least 4 members (excludes halogenated alkanes) is 1. The normalized spacial score (nSPS) is 15.1. The highest BCUT2D eigenvalue weighted by molar-refractivity contribution is 5.97. The lowest BCUT2D eigenvalue weighted by Gasteiger charge is -2.29. The molecule has 0 aliphatic carbocycles. The van der Waals surface area contributed by atoms with Gasteiger partial charge in [-0.1, -0.05) is 78.3 Å². The van der Waals surface area contributed by atoms with Crippen LogP contribution in [-0.4, -0.2) is 121 Å². The molecule has 0 fully saturated rings. The summed E-state index contributed by atoms with van der Waals surface area (Å²) in [4.78, 5) is 123. The van der Waals surface area contributed by atoms with E-state index >= 15 is 0 Å². The fourth-order valence-corrected chi connectivity index (χ4v) is 6.79. The lowest BCUT2D eigenvalue weighted by Crippen LogP contribution is -2.60. The van der Waals surface area contributed by atoms with Crippen LogP contribution in [0, 0.1) is 17.8 Å². The molecule has 0 bridgehead atoms. The molecule has 0 saturated heterocycles. The van der Waals surface area contributed by atoms with E-state index in [2.05, 4.69) is 42.2 Å². The second kappa shape index (κ2) is 31.7. The molecule has 1 aromatic carbocycles. The molecule has 9 atom stereocenters. The average molecular weight is 958 g/mol. The number of carbonyl (C=O) groups is 9. The highest BCUT2D eigenvalue weighted by Crippen LogP contribution is 2.13. The maximum atomic E-state index is 14.0. The van der Waals surface area contributed by atoms with Gasteiger partial charge in [0.2, 0.25) is 47.3 Å². The highest BCUT2D eigenvalue weighted by atomic mass is 16.2. The van der Waals surface area contributed by atoms with Crippen LogP contribution in [0.25, 0.3) is 0 Å². The predicted molar refractivity (Wildman–Crippen MR) is 258 cm³/mol. The molecule has 1 rings (SSSR count). The zero-order chi connectivity index (χ0) is 51.5. The van der Waals surface area contributed by atoms with Gasteiger partial charge in [-0.2, -0.15) is 0 Å². The van der Waals surface area contributed by atoms with Crippen LogP contribution in [0.3, 0.4) is 0 Å². The van der Waals surface area contributed by atoms with E-state index in [1.165, 1.54) is 6.92 Å². The van der Waals surface area contributed by atoms with E-state index < -0.39 is 102 Å². The summed E-state index contributed by atoms with van der Waals surface area (Å²) in [5.41, 5.74) is 28.6. The Balaban J connectivity index is 3.31. The standard InChI is InChI=1S/C46H79N13O9/c1-8-28(6)38(45(68)58-35(24-30-15-10-9-11-16-30)42(65)54-31(25-60)17-14-22-52-46(50)51)59-39(62)29(7)53-40(63)33(19-20-36(48)61)55-43(66)34(23-26(2)3)57-41(64)32(18-12-13-21-47)56-44(67)37(49)27(4)5/h9-11,15-16,25-29,31-35,37-38H,8,12-14,17-24,47,49H2,1-7H3,(H2,48,61)(H,53,63)(H,54,65)(H,55,66)(H,56,67)(H,57,64)(H,58,68)(H,59,62)(H4,50,51,52)/t28-,29-,31-,32-,33-,34-,35-,37-,38-/m0/s1. The second-order valence-corrected chi connectivity index (χ2v) is 17.9. The van der Waals surface area contributed by atoms with Crippen molar-refractivity contribution in [1.29, 1.82) is 0 Å². The van der Waals surface area contributed by atoms with E-state index in [1.54, 1.807) is 58.0 Å². The third kappa shape index (κ3) is 23.0. The number of rotatable bonds is 33. The SMILES string of the molecule is CC[C@H](C)[C@H](NC(=O)[C@H](C)NC(=O)[C@H](CCC(N)=O)NC(=O)[C@H](CC(C)C)NC(=O)[C@H](CCCCN)NC(=O)[C@@H](N)C(C)C)C(=O)N[C@@H](Cc1ccccc1)C(=O)N[C@H](C=O)CCCN=C(N)N. The lowest BCUT2D eigenvalue weighted by molar-refractivity contribution is -0.136. The average Bonchev–Trinajstić information content (AvgIpc) is 3.28. The number of nitrogens with one attached hydrogen (secondary N) is 7. The first kappa shape index (κ1) is 59.9. The first-order chi connectivity index (χ1) is 32.0. The van der Waals surface area contributed by atoms with E-state index in [1.807, 2.05) is 13.8 Å². The monoisotopic (exact) mass is 958 g/mol. The summed E-state index contributed by atoms with van der Waals surface area (Å²) in [6.07, 6.45) is 2.47. The number of guanidine groups is 1. The Morgan fingerprint density at radius 3 is 1.75 bits per heavy atom. The van der Waals surface area contributed by atoms with Crippen LogP contribution in [0.1, 0.15) is 112 Å². The number of aldehydes is 1. The molecule has 0 unspecified atom stereocenters. The van der Waals surface area contributed by atoms with Crippen molar-refractivity contribution in [2.24, 2.45) is 51.4 Å². The van der Waals surface area contributed by atoms with Gasteiger partial charge in [0.25, 0.3) is 0 Å². The molecule has 0 aromatic heterocycles. The molecule has 22 nitrogen and oxygen atoms in total. The zero-order valence-electron chi connectivity index (χ0n) is 40.8. The van der Waals surface area contributed by atoms with Gasteiger partial charge < -0.3 is 70.7 Å². The van der Waals surface area contributed by atoms with Crippen LogP contribution >= 0.6 is 0 Å². The molecule has 0 radical (unpaired) electrons. The van der Waals surface area contributed by atoms with Crippen LogP contribution < -0.4 is 65.9 Å². The largest absolute Gasteiger partial charge is 0.370 e. The molecule has 8 amide bonds. The molecule has 0 heterocycles.